The number of hydrogen-bond donors (Lipinski definition) is 0. The summed E-state index contributed by atoms with van der Waals surface area (Å²) in [7, 11) is 3.41. The van der Waals surface area contributed by atoms with Crippen LogP contribution >= 0.6 is 0 Å². The first-order chi connectivity index (χ1) is 12.1. The van der Waals surface area contributed by atoms with Crippen LogP contribution in [-0.4, -0.2) is 44.0 Å². The third-order valence-corrected chi connectivity index (χ3v) is 5.39. The molecule has 1 saturated heterocycles. The second-order valence-corrected chi connectivity index (χ2v) is 6.67. The molecule has 1 unspecified atom stereocenters. The van der Waals surface area contributed by atoms with Crippen LogP contribution in [0.2, 0.25) is 0 Å². The number of likely N-dealkylation sites (tertiary alicyclic amines) is 1. The fourth-order valence-electron chi connectivity index (χ4n) is 4.01. The Balaban J connectivity index is 1.63. The predicted molar refractivity (Wildman–Crippen MR) is 95.0 cm³/mol. The quantitative estimate of drug-likeness (QED) is 0.846. The van der Waals surface area contributed by atoms with Crippen LogP contribution in [0.5, 0.6) is 5.75 Å². The fourth-order valence-corrected chi connectivity index (χ4v) is 4.01. The Morgan fingerprint density at radius 2 is 1.84 bits per heavy atom. The maximum atomic E-state index is 12.9. The van der Waals surface area contributed by atoms with Crippen molar-refractivity contribution < 1.29 is 14.3 Å². The number of carbonyl (C=O) groups is 2. The van der Waals surface area contributed by atoms with Gasteiger partial charge < -0.3 is 14.5 Å². The number of ether oxygens (including phenoxy) is 1. The molecular formula is C20H20N2O3. The van der Waals surface area contributed by atoms with Crippen molar-refractivity contribution in [2.45, 2.75) is 11.8 Å². The lowest BCUT2D eigenvalue weighted by Gasteiger charge is -2.23. The van der Waals surface area contributed by atoms with E-state index in [2.05, 4.69) is 0 Å². The number of carbonyl (C=O) groups excluding carboxylic acids is 2. The smallest absolute Gasteiger partial charge is 0.253 e. The molecule has 0 aliphatic carbocycles. The van der Waals surface area contributed by atoms with Crippen LogP contribution in [0.1, 0.15) is 22.3 Å². The minimum Gasteiger partial charge on any atom is -0.497 e. The van der Waals surface area contributed by atoms with Crippen molar-refractivity contribution in [3.8, 4) is 5.75 Å². The molecule has 0 radical (unpaired) electrons. The Morgan fingerprint density at radius 3 is 2.56 bits per heavy atom. The van der Waals surface area contributed by atoms with E-state index in [-0.39, 0.29) is 11.8 Å². The van der Waals surface area contributed by atoms with Gasteiger partial charge in [0.2, 0.25) is 5.91 Å². The highest BCUT2D eigenvalue weighted by Crippen LogP contribution is 2.46. The van der Waals surface area contributed by atoms with Crippen molar-refractivity contribution >= 4 is 17.5 Å². The summed E-state index contributed by atoms with van der Waals surface area (Å²) in [4.78, 5) is 29.3. The maximum Gasteiger partial charge on any atom is 0.253 e. The number of nitrogens with zero attached hydrogens (tertiary/aromatic N) is 2. The number of rotatable bonds is 2. The highest BCUT2D eigenvalue weighted by molar-refractivity contribution is 6.09. The molecule has 25 heavy (non-hydrogen) atoms. The molecule has 1 atom stereocenters. The summed E-state index contributed by atoms with van der Waals surface area (Å²) in [6.07, 6.45) is 0.662. The molecule has 4 rings (SSSR count). The van der Waals surface area contributed by atoms with Crippen molar-refractivity contribution in [1.82, 2.24) is 4.90 Å². The Morgan fingerprint density at radius 1 is 1.12 bits per heavy atom. The fraction of sp³-hybridized carbons (Fsp3) is 0.300. The van der Waals surface area contributed by atoms with Gasteiger partial charge >= 0.3 is 0 Å². The van der Waals surface area contributed by atoms with Gasteiger partial charge in [-0.05, 0) is 42.3 Å². The number of anilines is 1. The summed E-state index contributed by atoms with van der Waals surface area (Å²) in [5.41, 5.74) is 2.00. The second kappa shape index (κ2) is 5.62. The van der Waals surface area contributed by atoms with Crippen molar-refractivity contribution in [3.05, 3.63) is 59.7 Å². The summed E-state index contributed by atoms with van der Waals surface area (Å²) < 4.78 is 5.14. The number of para-hydroxylation sites is 1. The molecule has 2 aliphatic heterocycles. The number of amides is 2. The zero-order chi connectivity index (χ0) is 17.6. The molecule has 2 aliphatic rings. The summed E-state index contributed by atoms with van der Waals surface area (Å²) in [5, 5.41) is 0. The summed E-state index contributed by atoms with van der Waals surface area (Å²) >= 11 is 0. The molecule has 0 bridgehead atoms. The standard InChI is InChI=1S/C20H20N2O3/c1-21-17-6-4-3-5-16(17)20(19(21)24)11-12-22(13-20)18(23)14-7-9-15(25-2)10-8-14/h3-10H,11-13H2,1-2H3. The van der Waals surface area contributed by atoms with Crippen molar-refractivity contribution in [3.63, 3.8) is 0 Å². The van der Waals surface area contributed by atoms with E-state index in [0.717, 1.165) is 17.0 Å². The molecule has 1 fully saturated rings. The normalized spacial score (nSPS) is 21.8. The van der Waals surface area contributed by atoms with Gasteiger partial charge in [-0.25, -0.2) is 0 Å². The Labute approximate surface area is 146 Å². The lowest BCUT2D eigenvalue weighted by molar-refractivity contribution is -0.122. The lowest BCUT2D eigenvalue weighted by atomic mass is 9.81. The first kappa shape index (κ1) is 15.7. The summed E-state index contributed by atoms with van der Waals surface area (Å²) in [6, 6.07) is 15.0. The number of hydrogen-bond acceptors (Lipinski definition) is 3. The molecule has 2 amide bonds. The molecule has 0 N–H and O–H groups in total. The van der Waals surface area contributed by atoms with Crippen LogP contribution in [0.15, 0.2) is 48.5 Å². The minimum atomic E-state index is -0.604. The largest absolute Gasteiger partial charge is 0.497 e. The monoisotopic (exact) mass is 336 g/mol. The third-order valence-electron chi connectivity index (χ3n) is 5.39. The van der Waals surface area contributed by atoms with Gasteiger partial charge in [0.1, 0.15) is 5.75 Å². The Kier molecular flexibility index (Phi) is 3.53. The molecule has 0 aromatic heterocycles. The highest BCUT2D eigenvalue weighted by atomic mass is 16.5. The van der Waals surface area contributed by atoms with Crippen LogP contribution in [0.3, 0.4) is 0 Å². The van der Waals surface area contributed by atoms with Crippen molar-refractivity contribution in [2.24, 2.45) is 0 Å². The van der Waals surface area contributed by atoms with Crippen LogP contribution < -0.4 is 9.64 Å². The van der Waals surface area contributed by atoms with Gasteiger partial charge in [-0.2, -0.15) is 0 Å². The van der Waals surface area contributed by atoms with Gasteiger partial charge in [0.05, 0.1) is 12.5 Å². The van der Waals surface area contributed by atoms with Crippen LogP contribution in [0.25, 0.3) is 0 Å². The van der Waals surface area contributed by atoms with E-state index in [1.54, 1.807) is 41.2 Å². The topological polar surface area (TPSA) is 49.9 Å². The van der Waals surface area contributed by atoms with E-state index >= 15 is 0 Å². The van der Waals surface area contributed by atoms with Crippen molar-refractivity contribution in [2.75, 3.05) is 32.1 Å². The van der Waals surface area contributed by atoms with E-state index in [1.807, 2.05) is 31.3 Å². The van der Waals surface area contributed by atoms with Crippen LogP contribution in [-0.2, 0) is 10.2 Å². The van der Waals surface area contributed by atoms with E-state index in [0.29, 0.717) is 25.1 Å². The average molecular weight is 336 g/mol. The molecule has 5 heteroatoms. The molecular weight excluding hydrogens is 316 g/mol. The van der Waals surface area contributed by atoms with Gasteiger partial charge in [0.15, 0.2) is 0 Å². The molecule has 2 aromatic carbocycles. The van der Waals surface area contributed by atoms with Crippen molar-refractivity contribution in [1.29, 1.82) is 0 Å². The first-order valence-corrected chi connectivity index (χ1v) is 8.38. The van der Waals surface area contributed by atoms with Crippen LogP contribution in [0, 0.1) is 0 Å². The van der Waals surface area contributed by atoms with Crippen LogP contribution in [0.4, 0.5) is 5.69 Å². The molecule has 1 spiro atoms. The Hall–Kier alpha value is -2.82. The van der Waals surface area contributed by atoms with E-state index < -0.39 is 5.41 Å². The van der Waals surface area contributed by atoms with E-state index in [9.17, 15) is 9.59 Å². The van der Waals surface area contributed by atoms with E-state index in [1.165, 1.54) is 0 Å². The second-order valence-electron chi connectivity index (χ2n) is 6.67. The average Bonchev–Trinajstić information content (AvgIpc) is 3.20. The van der Waals surface area contributed by atoms with Gasteiger partial charge in [-0.15, -0.1) is 0 Å². The maximum absolute atomic E-state index is 12.9. The molecule has 2 heterocycles. The van der Waals surface area contributed by atoms with Gasteiger partial charge in [-0.1, -0.05) is 18.2 Å². The van der Waals surface area contributed by atoms with Gasteiger partial charge in [-0.3, -0.25) is 9.59 Å². The minimum absolute atomic E-state index is 0.0423. The molecule has 2 aromatic rings. The first-order valence-electron chi connectivity index (χ1n) is 8.38. The number of methoxy groups -OCH3 is 1. The summed E-state index contributed by atoms with van der Waals surface area (Å²) in [5.74, 6) is 0.758. The zero-order valence-electron chi connectivity index (χ0n) is 14.4. The lowest BCUT2D eigenvalue weighted by Crippen LogP contribution is -2.42. The Bertz CT molecular complexity index is 846. The molecule has 5 nitrogen and oxygen atoms in total. The van der Waals surface area contributed by atoms with E-state index in [4.69, 9.17) is 4.74 Å². The van der Waals surface area contributed by atoms with Gasteiger partial charge in [0.25, 0.3) is 5.91 Å². The number of fused-ring (bicyclic) bond motifs is 2. The summed E-state index contributed by atoms with van der Waals surface area (Å²) in [6.45, 7) is 1.01. The SMILES string of the molecule is COc1ccc(C(=O)N2CCC3(C2)C(=O)N(C)c2ccccc23)cc1. The zero-order valence-corrected chi connectivity index (χ0v) is 14.4. The molecule has 128 valence electrons. The number of likely N-dealkylation sites (N-methyl/N-ethyl adjacent to an activating group) is 1. The predicted octanol–water partition coefficient (Wildman–Crippen LogP) is 2.46. The third kappa shape index (κ3) is 2.22. The van der Waals surface area contributed by atoms with Gasteiger partial charge in [0, 0.05) is 31.4 Å². The number of benzene rings is 2. The highest BCUT2D eigenvalue weighted by Gasteiger charge is 2.54. The molecule has 0 saturated carbocycles.